The third-order valence-electron chi connectivity index (χ3n) is 6.31. The van der Waals surface area contributed by atoms with Gasteiger partial charge in [-0.1, -0.05) is 53.5 Å². The Bertz CT molecular complexity index is 1470. The van der Waals surface area contributed by atoms with Crippen molar-refractivity contribution in [2.45, 2.75) is 6.04 Å². The number of nitrogens with zero attached hydrogens (tertiary/aromatic N) is 2. The highest BCUT2D eigenvalue weighted by Gasteiger charge is 2.34. The molecule has 1 aliphatic heterocycles. The van der Waals surface area contributed by atoms with Gasteiger partial charge < -0.3 is 14.8 Å². The minimum atomic E-state index is -0.373. The van der Waals surface area contributed by atoms with Gasteiger partial charge in [-0.05, 0) is 48.0 Å². The summed E-state index contributed by atoms with van der Waals surface area (Å²) in [5.41, 5.74) is 1.59. The molecule has 5 rings (SSSR count). The number of benzene rings is 3. The van der Waals surface area contributed by atoms with Crippen LogP contribution in [0.25, 0.3) is 10.8 Å². The number of rotatable bonds is 3. The van der Waals surface area contributed by atoms with E-state index in [2.05, 4.69) is 4.98 Å². The zero-order valence-corrected chi connectivity index (χ0v) is 20.1. The van der Waals surface area contributed by atoms with Crippen molar-refractivity contribution in [3.63, 3.8) is 0 Å². The molecule has 3 aromatic carbocycles. The molecule has 1 saturated heterocycles. The summed E-state index contributed by atoms with van der Waals surface area (Å²) in [5.74, 6) is -0.335. The highest BCUT2D eigenvalue weighted by Crippen LogP contribution is 2.30. The van der Waals surface area contributed by atoms with Crippen LogP contribution in [0.4, 0.5) is 0 Å². The first-order chi connectivity index (χ1) is 16.9. The van der Waals surface area contributed by atoms with E-state index < -0.39 is 0 Å². The topological polar surface area (TPSA) is 73.5 Å². The van der Waals surface area contributed by atoms with Crippen molar-refractivity contribution in [2.75, 3.05) is 19.6 Å². The molecule has 2 amide bonds. The fourth-order valence-electron chi connectivity index (χ4n) is 4.50. The monoisotopic (exact) mass is 505 g/mol. The van der Waals surface area contributed by atoms with Gasteiger partial charge in [0.15, 0.2) is 0 Å². The number of hydrogen-bond donors (Lipinski definition) is 1. The van der Waals surface area contributed by atoms with Crippen molar-refractivity contribution in [2.24, 2.45) is 0 Å². The highest BCUT2D eigenvalue weighted by molar-refractivity contribution is 6.30. The molecule has 2 heterocycles. The SMILES string of the molecule is O=C(c1c[nH]c(=O)c2ccccc12)N1CCN(C(=O)c2ccc(Cl)cc2)C(c2ccc(Cl)cc2)C1. The van der Waals surface area contributed by atoms with E-state index in [1.54, 1.807) is 70.5 Å². The minimum absolute atomic E-state index is 0.136. The van der Waals surface area contributed by atoms with Gasteiger partial charge in [0.1, 0.15) is 0 Å². The second-order valence-electron chi connectivity index (χ2n) is 8.40. The van der Waals surface area contributed by atoms with Gasteiger partial charge in [0.05, 0.1) is 11.6 Å². The van der Waals surface area contributed by atoms with Gasteiger partial charge in [-0.3, -0.25) is 14.4 Å². The van der Waals surface area contributed by atoms with E-state index in [0.29, 0.717) is 51.6 Å². The lowest BCUT2D eigenvalue weighted by Gasteiger charge is -2.42. The number of halogens is 2. The molecule has 8 heteroatoms. The molecule has 0 bridgehead atoms. The van der Waals surface area contributed by atoms with Crippen LogP contribution >= 0.6 is 23.2 Å². The Labute approximate surface area is 211 Å². The van der Waals surface area contributed by atoms with Gasteiger partial charge in [-0.25, -0.2) is 0 Å². The van der Waals surface area contributed by atoms with E-state index in [0.717, 1.165) is 5.56 Å². The van der Waals surface area contributed by atoms with Crippen molar-refractivity contribution >= 4 is 45.8 Å². The molecule has 176 valence electrons. The van der Waals surface area contributed by atoms with Crippen LogP contribution in [0.15, 0.2) is 83.8 Å². The second kappa shape index (κ2) is 9.56. The van der Waals surface area contributed by atoms with E-state index in [1.165, 1.54) is 6.20 Å². The Morgan fingerprint density at radius 3 is 2.11 bits per heavy atom. The number of pyridine rings is 1. The van der Waals surface area contributed by atoms with Crippen molar-refractivity contribution < 1.29 is 9.59 Å². The molecule has 0 aliphatic carbocycles. The number of fused-ring (bicyclic) bond motifs is 1. The van der Waals surface area contributed by atoms with Crippen molar-refractivity contribution in [1.29, 1.82) is 0 Å². The Kier molecular flexibility index (Phi) is 6.32. The molecule has 1 unspecified atom stereocenters. The van der Waals surface area contributed by atoms with E-state index in [1.807, 2.05) is 12.1 Å². The van der Waals surface area contributed by atoms with Gasteiger partial charge in [0, 0.05) is 52.2 Å². The fourth-order valence-corrected chi connectivity index (χ4v) is 4.75. The number of hydrogen-bond acceptors (Lipinski definition) is 3. The quantitative estimate of drug-likeness (QED) is 0.417. The molecular weight excluding hydrogens is 485 g/mol. The first-order valence-corrected chi connectivity index (χ1v) is 11.9. The molecule has 35 heavy (non-hydrogen) atoms. The van der Waals surface area contributed by atoms with Crippen LogP contribution in [-0.4, -0.2) is 46.2 Å². The van der Waals surface area contributed by atoms with E-state index >= 15 is 0 Å². The maximum atomic E-state index is 13.6. The Balaban J connectivity index is 1.49. The summed E-state index contributed by atoms with van der Waals surface area (Å²) in [5, 5.41) is 2.21. The number of amides is 2. The molecule has 1 N–H and O–H groups in total. The summed E-state index contributed by atoms with van der Waals surface area (Å²) in [7, 11) is 0. The average molecular weight is 506 g/mol. The Morgan fingerprint density at radius 1 is 0.800 bits per heavy atom. The van der Waals surface area contributed by atoms with Crippen LogP contribution in [-0.2, 0) is 0 Å². The van der Waals surface area contributed by atoms with E-state index in [-0.39, 0.29) is 23.4 Å². The first-order valence-electron chi connectivity index (χ1n) is 11.1. The highest BCUT2D eigenvalue weighted by atomic mass is 35.5. The van der Waals surface area contributed by atoms with Crippen molar-refractivity contribution in [3.05, 3.63) is 116 Å². The Hall–Kier alpha value is -3.61. The minimum Gasteiger partial charge on any atom is -0.334 e. The lowest BCUT2D eigenvalue weighted by atomic mass is 9.99. The van der Waals surface area contributed by atoms with Crippen LogP contribution < -0.4 is 5.56 Å². The maximum Gasteiger partial charge on any atom is 0.256 e. The summed E-state index contributed by atoms with van der Waals surface area (Å²) in [6.07, 6.45) is 1.47. The number of carbonyl (C=O) groups is 2. The lowest BCUT2D eigenvalue weighted by molar-refractivity contribution is 0.0384. The van der Waals surface area contributed by atoms with Gasteiger partial charge in [0.25, 0.3) is 17.4 Å². The van der Waals surface area contributed by atoms with Gasteiger partial charge >= 0.3 is 0 Å². The predicted molar refractivity (Wildman–Crippen MR) is 137 cm³/mol. The second-order valence-corrected chi connectivity index (χ2v) is 9.27. The van der Waals surface area contributed by atoms with E-state index in [9.17, 15) is 14.4 Å². The number of H-pyrrole nitrogens is 1. The number of carbonyl (C=O) groups excluding carboxylic acids is 2. The predicted octanol–water partition coefficient (Wildman–Crippen LogP) is 5.17. The largest absolute Gasteiger partial charge is 0.334 e. The number of aromatic nitrogens is 1. The molecule has 6 nitrogen and oxygen atoms in total. The average Bonchev–Trinajstić information content (AvgIpc) is 2.89. The van der Waals surface area contributed by atoms with Crippen LogP contribution in [0.5, 0.6) is 0 Å². The summed E-state index contributed by atoms with van der Waals surface area (Å²) < 4.78 is 0. The molecule has 0 saturated carbocycles. The zero-order chi connectivity index (χ0) is 24.5. The molecule has 0 radical (unpaired) electrons. The van der Waals surface area contributed by atoms with Crippen molar-refractivity contribution in [3.8, 4) is 0 Å². The summed E-state index contributed by atoms with van der Waals surface area (Å²) in [6.45, 7) is 1.00. The summed E-state index contributed by atoms with van der Waals surface area (Å²) in [6, 6.07) is 20.7. The van der Waals surface area contributed by atoms with Crippen molar-refractivity contribution in [1.82, 2.24) is 14.8 Å². The Morgan fingerprint density at radius 2 is 1.43 bits per heavy atom. The van der Waals surface area contributed by atoms with Gasteiger partial charge in [0.2, 0.25) is 0 Å². The third kappa shape index (κ3) is 4.55. The molecule has 1 aliphatic rings. The molecule has 0 spiro atoms. The normalized spacial score (nSPS) is 15.9. The first kappa shape index (κ1) is 23.1. The standard InChI is InChI=1S/C27H21Cl2N3O3/c28-19-9-5-17(6-10-19)24-16-31(13-14-32(24)26(34)18-7-11-20(29)12-8-18)27(35)23-15-30-25(33)22-4-2-1-3-21(22)23/h1-12,15,24H,13-14,16H2,(H,30,33). The van der Waals surface area contributed by atoms with Crippen LogP contribution in [0.3, 0.4) is 0 Å². The van der Waals surface area contributed by atoms with Crippen LogP contribution in [0.2, 0.25) is 10.0 Å². The summed E-state index contributed by atoms with van der Waals surface area (Å²) >= 11 is 12.1. The zero-order valence-electron chi connectivity index (χ0n) is 18.6. The summed E-state index contributed by atoms with van der Waals surface area (Å²) in [4.78, 5) is 45.4. The van der Waals surface area contributed by atoms with Crippen LogP contribution in [0.1, 0.15) is 32.3 Å². The number of piperazine rings is 1. The number of nitrogens with one attached hydrogen (secondary N) is 1. The van der Waals surface area contributed by atoms with Gasteiger partial charge in [-0.15, -0.1) is 0 Å². The smallest absolute Gasteiger partial charge is 0.256 e. The van der Waals surface area contributed by atoms with E-state index in [4.69, 9.17) is 23.2 Å². The maximum absolute atomic E-state index is 13.6. The molecule has 1 aromatic heterocycles. The lowest BCUT2D eigenvalue weighted by Crippen LogP contribution is -2.52. The fraction of sp³-hybridized carbons (Fsp3) is 0.148. The molecule has 1 fully saturated rings. The third-order valence-corrected chi connectivity index (χ3v) is 6.82. The number of aromatic amines is 1. The van der Waals surface area contributed by atoms with Crippen LogP contribution in [0, 0.1) is 0 Å². The van der Waals surface area contributed by atoms with Gasteiger partial charge in [-0.2, -0.15) is 0 Å². The molecule has 4 aromatic rings. The molecule has 1 atom stereocenters. The molecular formula is C27H21Cl2N3O3.